The summed E-state index contributed by atoms with van der Waals surface area (Å²) in [5.74, 6) is 0. The summed E-state index contributed by atoms with van der Waals surface area (Å²) >= 11 is 0. The van der Waals surface area contributed by atoms with Crippen LogP contribution in [0.2, 0.25) is 0 Å². The van der Waals surface area contributed by atoms with E-state index in [0.29, 0.717) is 6.54 Å². The molecule has 0 saturated carbocycles. The Labute approximate surface area is 148 Å². The van der Waals surface area contributed by atoms with Crippen molar-refractivity contribution in [2.75, 3.05) is 5.32 Å². The van der Waals surface area contributed by atoms with Crippen molar-refractivity contribution in [1.82, 2.24) is 9.88 Å². The summed E-state index contributed by atoms with van der Waals surface area (Å²) in [7, 11) is 0. The van der Waals surface area contributed by atoms with Crippen molar-refractivity contribution in [1.29, 1.82) is 0 Å². The maximum Gasteiger partial charge on any atom is 0.319 e. The number of hydrogen-bond donors (Lipinski definition) is 2. The summed E-state index contributed by atoms with van der Waals surface area (Å²) in [6, 6.07) is 19.8. The first-order valence-electron chi connectivity index (χ1n) is 8.42. The molecule has 2 amide bonds. The molecule has 0 fully saturated rings. The van der Waals surface area contributed by atoms with Crippen molar-refractivity contribution >= 4 is 11.7 Å². The Balaban J connectivity index is 1.62. The van der Waals surface area contributed by atoms with Gasteiger partial charge >= 0.3 is 6.03 Å². The normalized spacial score (nSPS) is 10.5. The number of urea groups is 1. The molecule has 0 aliphatic carbocycles. The van der Waals surface area contributed by atoms with Gasteiger partial charge in [-0.1, -0.05) is 42.0 Å². The van der Waals surface area contributed by atoms with Gasteiger partial charge in [-0.05, 0) is 49.2 Å². The lowest BCUT2D eigenvalue weighted by Gasteiger charge is -2.13. The van der Waals surface area contributed by atoms with Crippen molar-refractivity contribution in [3.63, 3.8) is 0 Å². The maximum absolute atomic E-state index is 12.0. The third kappa shape index (κ3) is 4.51. The molecule has 0 spiro atoms. The smallest absolute Gasteiger partial charge is 0.319 e. The molecular weight excluding hydrogens is 310 g/mol. The minimum atomic E-state index is -0.203. The Bertz CT molecular complexity index is 853. The standard InChI is InChI=1S/C21H23N3O/c1-16-10-11-17(2)18(13-16)15-24-12-6-9-20(24)14-22-21(25)23-19-7-4-3-5-8-19/h3-13H,14-15H2,1-2H3,(H2,22,23,25). The zero-order chi connectivity index (χ0) is 17.6. The van der Waals surface area contributed by atoms with Crippen LogP contribution in [0.15, 0.2) is 66.9 Å². The predicted molar refractivity (Wildman–Crippen MR) is 102 cm³/mol. The zero-order valence-electron chi connectivity index (χ0n) is 14.6. The number of anilines is 1. The highest BCUT2D eigenvalue weighted by atomic mass is 16.2. The van der Waals surface area contributed by atoms with Crippen LogP contribution in [0.4, 0.5) is 10.5 Å². The molecule has 0 saturated heterocycles. The van der Waals surface area contributed by atoms with Gasteiger partial charge in [0.1, 0.15) is 0 Å². The van der Waals surface area contributed by atoms with Crippen LogP contribution in [-0.4, -0.2) is 10.6 Å². The number of para-hydroxylation sites is 1. The lowest BCUT2D eigenvalue weighted by atomic mass is 10.1. The van der Waals surface area contributed by atoms with E-state index in [4.69, 9.17) is 0 Å². The molecule has 0 bridgehead atoms. The second-order valence-electron chi connectivity index (χ2n) is 6.23. The fourth-order valence-corrected chi connectivity index (χ4v) is 2.79. The average molecular weight is 333 g/mol. The number of amides is 2. The number of hydrogen-bond acceptors (Lipinski definition) is 1. The number of rotatable bonds is 5. The Morgan fingerprint density at radius 1 is 1.00 bits per heavy atom. The molecule has 1 heterocycles. The maximum atomic E-state index is 12.0. The van der Waals surface area contributed by atoms with Gasteiger partial charge in [-0.3, -0.25) is 0 Å². The first-order valence-corrected chi connectivity index (χ1v) is 8.42. The van der Waals surface area contributed by atoms with Crippen molar-refractivity contribution in [2.45, 2.75) is 26.9 Å². The third-order valence-corrected chi connectivity index (χ3v) is 4.23. The number of aromatic nitrogens is 1. The number of benzene rings is 2. The molecule has 4 heteroatoms. The molecule has 0 aliphatic rings. The first kappa shape index (κ1) is 16.8. The number of carbonyl (C=O) groups excluding carboxylic acids is 1. The number of carbonyl (C=O) groups is 1. The van der Waals surface area contributed by atoms with Gasteiger partial charge in [0.2, 0.25) is 0 Å². The minimum absolute atomic E-state index is 0.203. The molecule has 0 atom stereocenters. The highest BCUT2D eigenvalue weighted by molar-refractivity contribution is 5.89. The number of nitrogens with one attached hydrogen (secondary N) is 2. The van der Waals surface area contributed by atoms with Crippen LogP contribution in [0.5, 0.6) is 0 Å². The van der Waals surface area contributed by atoms with E-state index in [-0.39, 0.29) is 6.03 Å². The van der Waals surface area contributed by atoms with E-state index < -0.39 is 0 Å². The number of nitrogens with zero attached hydrogens (tertiary/aromatic N) is 1. The van der Waals surface area contributed by atoms with Crippen LogP contribution >= 0.6 is 0 Å². The van der Waals surface area contributed by atoms with E-state index in [1.54, 1.807) is 0 Å². The lowest BCUT2D eigenvalue weighted by Crippen LogP contribution is -2.29. The Kier molecular flexibility index (Phi) is 5.19. The molecule has 3 rings (SSSR count). The fraction of sp³-hybridized carbons (Fsp3) is 0.190. The molecule has 25 heavy (non-hydrogen) atoms. The van der Waals surface area contributed by atoms with Crippen LogP contribution in [0, 0.1) is 13.8 Å². The summed E-state index contributed by atoms with van der Waals surface area (Å²) in [4.78, 5) is 12.0. The summed E-state index contributed by atoms with van der Waals surface area (Å²) in [5, 5.41) is 5.75. The molecule has 128 valence electrons. The van der Waals surface area contributed by atoms with Gasteiger partial charge in [0, 0.05) is 24.1 Å². The fourth-order valence-electron chi connectivity index (χ4n) is 2.79. The Morgan fingerprint density at radius 3 is 2.60 bits per heavy atom. The summed E-state index contributed by atoms with van der Waals surface area (Å²) in [6.45, 7) is 5.52. The predicted octanol–water partition coefficient (Wildman–Crippen LogP) is 4.47. The van der Waals surface area contributed by atoms with Gasteiger partial charge in [0.15, 0.2) is 0 Å². The van der Waals surface area contributed by atoms with Crippen LogP contribution in [0.3, 0.4) is 0 Å². The van der Waals surface area contributed by atoms with Crippen molar-refractivity contribution in [3.8, 4) is 0 Å². The van der Waals surface area contributed by atoms with E-state index in [1.165, 1.54) is 16.7 Å². The highest BCUT2D eigenvalue weighted by Crippen LogP contribution is 2.14. The second kappa shape index (κ2) is 7.71. The van der Waals surface area contributed by atoms with Gasteiger partial charge in [-0.15, -0.1) is 0 Å². The van der Waals surface area contributed by atoms with Gasteiger partial charge in [0.05, 0.1) is 6.54 Å². The Morgan fingerprint density at radius 2 is 1.80 bits per heavy atom. The van der Waals surface area contributed by atoms with Crippen LogP contribution in [-0.2, 0) is 13.1 Å². The molecule has 1 aromatic heterocycles. The van der Waals surface area contributed by atoms with E-state index >= 15 is 0 Å². The van der Waals surface area contributed by atoms with E-state index in [0.717, 1.165) is 17.9 Å². The van der Waals surface area contributed by atoms with Gasteiger partial charge in [-0.2, -0.15) is 0 Å². The summed E-state index contributed by atoms with van der Waals surface area (Å²) in [6.07, 6.45) is 2.05. The first-order chi connectivity index (χ1) is 12.1. The van der Waals surface area contributed by atoms with E-state index in [1.807, 2.05) is 48.7 Å². The van der Waals surface area contributed by atoms with Crippen LogP contribution in [0.25, 0.3) is 0 Å². The Hall–Kier alpha value is -3.01. The van der Waals surface area contributed by atoms with Crippen LogP contribution < -0.4 is 10.6 Å². The second-order valence-corrected chi connectivity index (χ2v) is 6.23. The minimum Gasteiger partial charge on any atom is -0.345 e. The molecule has 3 aromatic rings. The van der Waals surface area contributed by atoms with Crippen molar-refractivity contribution in [3.05, 3.63) is 89.2 Å². The zero-order valence-corrected chi connectivity index (χ0v) is 14.6. The van der Waals surface area contributed by atoms with Crippen molar-refractivity contribution < 1.29 is 4.79 Å². The summed E-state index contributed by atoms with van der Waals surface area (Å²) < 4.78 is 2.17. The van der Waals surface area contributed by atoms with E-state index in [2.05, 4.69) is 47.2 Å². The van der Waals surface area contributed by atoms with Crippen LogP contribution in [0.1, 0.15) is 22.4 Å². The number of aryl methyl sites for hydroxylation is 2. The van der Waals surface area contributed by atoms with E-state index in [9.17, 15) is 4.79 Å². The molecule has 2 aromatic carbocycles. The average Bonchev–Trinajstić information content (AvgIpc) is 3.04. The monoisotopic (exact) mass is 333 g/mol. The van der Waals surface area contributed by atoms with Gasteiger partial charge in [0.25, 0.3) is 0 Å². The van der Waals surface area contributed by atoms with Crippen molar-refractivity contribution in [2.24, 2.45) is 0 Å². The quantitative estimate of drug-likeness (QED) is 0.711. The third-order valence-electron chi connectivity index (χ3n) is 4.23. The molecule has 0 radical (unpaired) electrons. The topological polar surface area (TPSA) is 46.1 Å². The molecule has 4 nitrogen and oxygen atoms in total. The molecular formula is C21H23N3O. The lowest BCUT2D eigenvalue weighted by molar-refractivity contribution is 0.251. The molecule has 2 N–H and O–H groups in total. The highest BCUT2D eigenvalue weighted by Gasteiger charge is 2.07. The molecule has 0 unspecified atom stereocenters. The molecule has 0 aliphatic heterocycles. The summed E-state index contributed by atoms with van der Waals surface area (Å²) in [5.41, 5.74) is 5.69. The van der Waals surface area contributed by atoms with Gasteiger partial charge in [-0.25, -0.2) is 4.79 Å². The largest absolute Gasteiger partial charge is 0.345 e. The SMILES string of the molecule is Cc1ccc(C)c(Cn2cccc2CNC(=O)Nc2ccccc2)c1. The van der Waals surface area contributed by atoms with Gasteiger partial charge < -0.3 is 15.2 Å².